The molecule has 38 heavy (non-hydrogen) atoms. The standard InChI is InChI=1S/C29H37N5O4/c1-19-25-10-12-34(15-22(25)7-8-26(19)37-17-27-20(2)32-18-38-27)16-24(35)14-31-29(36)21-9-11-30-28(13-21)33-23-5-3-4-6-23/h7-9,11,13,18,23-24,35H,3-6,10,12,14-17H2,1-2H3,(H,30,33)(H,31,36). The second-order valence-electron chi connectivity index (χ2n) is 10.4. The third kappa shape index (κ3) is 6.34. The lowest BCUT2D eigenvalue weighted by Crippen LogP contribution is -2.42. The molecule has 1 aliphatic heterocycles. The highest BCUT2D eigenvalue weighted by Crippen LogP contribution is 2.30. The van der Waals surface area contributed by atoms with Gasteiger partial charge >= 0.3 is 0 Å². The molecule has 2 aliphatic rings. The van der Waals surface area contributed by atoms with Gasteiger partial charge in [-0.05, 0) is 68.0 Å². The first-order valence-electron chi connectivity index (χ1n) is 13.5. The largest absolute Gasteiger partial charge is 0.485 e. The third-order valence-electron chi connectivity index (χ3n) is 7.62. The molecule has 0 spiro atoms. The van der Waals surface area contributed by atoms with Gasteiger partial charge in [-0.2, -0.15) is 0 Å². The highest BCUT2D eigenvalue weighted by Gasteiger charge is 2.22. The summed E-state index contributed by atoms with van der Waals surface area (Å²) in [7, 11) is 0. The lowest BCUT2D eigenvalue weighted by Gasteiger charge is -2.31. The lowest BCUT2D eigenvalue weighted by molar-refractivity contribution is 0.0841. The number of benzene rings is 1. The second-order valence-corrected chi connectivity index (χ2v) is 10.4. The normalized spacial score (nSPS) is 16.7. The topological polar surface area (TPSA) is 113 Å². The second kappa shape index (κ2) is 12.0. The number of carbonyl (C=O) groups is 1. The summed E-state index contributed by atoms with van der Waals surface area (Å²) in [5, 5.41) is 17.0. The summed E-state index contributed by atoms with van der Waals surface area (Å²) in [4.78, 5) is 23.4. The van der Waals surface area contributed by atoms with Crippen LogP contribution in [-0.2, 0) is 19.6 Å². The van der Waals surface area contributed by atoms with Gasteiger partial charge in [0.2, 0.25) is 0 Å². The average Bonchev–Trinajstić information content (AvgIpc) is 3.58. The zero-order valence-corrected chi connectivity index (χ0v) is 22.2. The third-order valence-corrected chi connectivity index (χ3v) is 7.62. The van der Waals surface area contributed by atoms with Crippen LogP contribution in [0.3, 0.4) is 0 Å². The van der Waals surface area contributed by atoms with Crippen LogP contribution in [0.1, 0.15) is 64.2 Å². The first kappa shape index (κ1) is 26.2. The van der Waals surface area contributed by atoms with Gasteiger partial charge in [-0.3, -0.25) is 9.69 Å². The zero-order chi connectivity index (χ0) is 26.5. The number of pyridine rings is 1. The molecule has 3 N–H and O–H groups in total. The summed E-state index contributed by atoms with van der Waals surface area (Å²) >= 11 is 0. The summed E-state index contributed by atoms with van der Waals surface area (Å²) in [5.74, 6) is 2.12. The molecule has 1 amide bonds. The molecule has 1 aliphatic carbocycles. The van der Waals surface area contributed by atoms with Gasteiger partial charge in [0.1, 0.15) is 18.2 Å². The minimum absolute atomic E-state index is 0.197. The Bertz CT molecular complexity index is 1250. The van der Waals surface area contributed by atoms with Crippen LogP contribution in [0.4, 0.5) is 5.82 Å². The number of hydrogen-bond donors (Lipinski definition) is 3. The van der Waals surface area contributed by atoms with E-state index in [0.717, 1.165) is 60.9 Å². The predicted octanol–water partition coefficient (Wildman–Crippen LogP) is 3.77. The SMILES string of the molecule is Cc1ncoc1COc1ccc2c(c1C)CCN(CC(O)CNC(=O)c1ccnc(NC3CCCC3)c1)C2. The van der Waals surface area contributed by atoms with Crippen molar-refractivity contribution in [3.05, 3.63) is 70.6 Å². The zero-order valence-electron chi connectivity index (χ0n) is 22.2. The van der Waals surface area contributed by atoms with Gasteiger partial charge in [0.15, 0.2) is 12.2 Å². The van der Waals surface area contributed by atoms with Gasteiger partial charge in [-0.25, -0.2) is 9.97 Å². The number of aliphatic hydroxyl groups is 1. The van der Waals surface area contributed by atoms with E-state index in [-0.39, 0.29) is 12.5 Å². The number of aromatic nitrogens is 2. The maximum absolute atomic E-state index is 12.7. The first-order valence-corrected chi connectivity index (χ1v) is 13.5. The summed E-state index contributed by atoms with van der Waals surface area (Å²) < 4.78 is 11.4. The number of nitrogens with zero attached hydrogens (tertiary/aromatic N) is 3. The maximum Gasteiger partial charge on any atom is 0.251 e. The molecule has 9 nitrogen and oxygen atoms in total. The molecule has 2 aromatic heterocycles. The number of carbonyl (C=O) groups excluding carboxylic acids is 1. The van der Waals surface area contributed by atoms with Crippen molar-refractivity contribution in [1.29, 1.82) is 0 Å². The first-order chi connectivity index (χ1) is 18.5. The van der Waals surface area contributed by atoms with Gasteiger partial charge < -0.3 is 24.9 Å². The Labute approximate surface area is 223 Å². The van der Waals surface area contributed by atoms with Crippen molar-refractivity contribution < 1.29 is 19.1 Å². The lowest BCUT2D eigenvalue weighted by atomic mass is 9.94. The highest BCUT2D eigenvalue weighted by atomic mass is 16.5. The van der Waals surface area contributed by atoms with E-state index < -0.39 is 6.10 Å². The number of β-amino-alcohol motifs (C(OH)–C–C–N with tert-alkyl or cyclic N) is 1. The van der Waals surface area contributed by atoms with Crippen LogP contribution in [0.15, 0.2) is 41.3 Å². The molecule has 1 unspecified atom stereocenters. The van der Waals surface area contributed by atoms with Gasteiger partial charge in [0.25, 0.3) is 5.91 Å². The van der Waals surface area contributed by atoms with E-state index in [9.17, 15) is 9.90 Å². The summed E-state index contributed by atoms with van der Waals surface area (Å²) in [6, 6.07) is 8.03. The molecule has 0 bridgehead atoms. The van der Waals surface area contributed by atoms with Gasteiger partial charge in [0, 0.05) is 44.0 Å². The van der Waals surface area contributed by atoms with Crippen LogP contribution in [0.5, 0.6) is 5.75 Å². The molecule has 0 saturated heterocycles. The number of ether oxygens (including phenoxy) is 1. The molecule has 3 aromatic rings. The molecule has 1 aromatic carbocycles. The summed E-state index contributed by atoms with van der Waals surface area (Å²) in [6.45, 7) is 6.63. The number of amides is 1. The Morgan fingerprint density at radius 3 is 2.87 bits per heavy atom. The molecular weight excluding hydrogens is 482 g/mol. The molecular formula is C29H37N5O4. The fourth-order valence-electron chi connectivity index (χ4n) is 5.40. The predicted molar refractivity (Wildman–Crippen MR) is 144 cm³/mol. The summed E-state index contributed by atoms with van der Waals surface area (Å²) in [5.41, 5.74) is 5.08. The summed E-state index contributed by atoms with van der Waals surface area (Å²) in [6.07, 6.45) is 8.06. The Morgan fingerprint density at radius 1 is 1.24 bits per heavy atom. The Hall–Kier alpha value is -3.43. The van der Waals surface area contributed by atoms with Crippen molar-refractivity contribution >= 4 is 11.7 Å². The highest BCUT2D eigenvalue weighted by molar-refractivity contribution is 5.94. The van der Waals surface area contributed by atoms with Crippen molar-refractivity contribution in [2.45, 2.75) is 71.2 Å². The number of aryl methyl sites for hydroxylation is 1. The number of rotatable bonds is 10. The minimum Gasteiger partial charge on any atom is -0.485 e. The van der Waals surface area contributed by atoms with Crippen molar-refractivity contribution in [3.63, 3.8) is 0 Å². The molecule has 1 atom stereocenters. The van der Waals surface area contributed by atoms with Crippen LogP contribution in [0.25, 0.3) is 0 Å². The van der Waals surface area contributed by atoms with E-state index in [1.165, 1.54) is 30.4 Å². The van der Waals surface area contributed by atoms with Gasteiger partial charge in [0.05, 0.1) is 11.8 Å². The number of anilines is 1. The van der Waals surface area contributed by atoms with E-state index in [1.807, 2.05) is 13.0 Å². The quantitative estimate of drug-likeness (QED) is 0.371. The van der Waals surface area contributed by atoms with E-state index in [2.05, 4.69) is 38.5 Å². The van der Waals surface area contributed by atoms with E-state index in [4.69, 9.17) is 9.15 Å². The molecule has 5 rings (SSSR count). The smallest absolute Gasteiger partial charge is 0.251 e. The van der Waals surface area contributed by atoms with Crippen LogP contribution in [-0.4, -0.2) is 57.7 Å². The van der Waals surface area contributed by atoms with Crippen molar-refractivity contribution in [2.24, 2.45) is 0 Å². The monoisotopic (exact) mass is 519 g/mol. The molecule has 3 heterocycles. The maximum atomic E-state index is 12.7. The van der Waals surface area contributed by atoms with Gasteiger partial charge in [-0.1, -0.05) is 18.9 Å². The van der Waals surface area contributed by atoms with Gasteiger partial charge in [-0.15, -0.1) is 0 Å². The molecule has 9 heteroatoms. The Kier molecular flexibility index (Phi) is 8.24. The van der Waals surface area contributed by atoms with E-state index in [0.29, 0.717) is 24.8 Å². The molecule has 202 valence electrons. The fraction of sp³-hybridized carbons (Fsp3) is 0.483. The van der Waals surface area contributed by atoms with Crippen molar-refractivity contribution in [3.8, 4) is 5.75 Å². The fourth-order valence-corrected chi connectivity index (χ4v) is 5.40. The minimum atomic E-state index is -0.660. The van der Waals surface area contributed by atoms with Crippen LogP contribution < -0.4 is 15.4 Å². The molecule has 1 saturated carbocycles. The number of nitrogens with one attached hydrogen (secondary N) is 2. The van der Waals surface area contributed by atoms with Crippen LogP contribution in [0, 0.1) is 13.8 Å². The Morgan fingerprint density at radius 2 is 2.08 bits per heavy atom. The van der Waals surface area contributed by atoms with Crippen molar-refractivity contribution in [2.75, 3.05) is 25.0 Å². The number of oxazole rings is 1. The Balaban J connectivity index is 1.10. The molecule has 1 fully saturated rings. The van der Waals surface area contributed by atoms with Crippen LogP contribution in [0.2, 0.25) is 0 Å². The van der Waals surface area contributed by atoms with E-state index >= 15 is 0 Å². The van der Waals surface area contributed by atoms with Crippen LogP contribution >= 0.6 is 0 Å². The number of hydrogen-bond acceptors (Lipinski definition) is 8. The number of fused-ring (bicyclic) bond motifs is 1. The molecule has 0 radical (unpaired) electrons. The van der Waals surface area contributed by atoms with E-state index in [1.54, 1.807) is 18.3 Å². The number of aliphatic hydroxyl groups excluding tert-OH is 1. The average molecular weight is 520 g/mol. The van der Waals surface area contributed by atoms with Crippen molar-refractivity contribution in [1.82, 2.24) is 20.2 Å².